The van der Waals surface area contributed by atoms with E-state index < -0.39 is 0 Å². The topological polar surface area (TPSA) is 72.0 Å². The maximum atomic E-state index is 13.7. The fourth-order valence-electron chi connectivity index (χ4n) is 4.45. The lowest BCUT2D eigenvalue weighted by molar-refractivity contribution is -0.137. The minimum absolute atomic E-state index is 0.177. The van der Waals surface area contributed by atoms with Crippen LogP contribution in [0.3, 0.4) is 0 Å². The highest BCUT2D eigenvalue weighted by Crippen LogP contribution is 2.40. The van der Waals surface area contributed by atoms with E-state index in [-0.39, 0.29) is 18.4 Å². The van der Waals surface area contributed by atoms with Crippen molar-refractivity contribution >= 4 is 23.1 Å². The second-order valence-corrected chi connectivity index (χ2v) is 7.88. The number of anilines is 1. The minimum Gasteiger partial charge on any atom is -0.493 e. The van der Waals surface area contributed by atoms with E-state index in [1.54, 1.807) is 56.9 Å². The normalized spacial score (nSPS) is 15.3. The second-order valence-electron chi connectivity index (χ2n) is 7.88. The molecule has 5 rings (SSSR count). The zero-order chi connectivity index (χ0) is 22.9. The molecule has 3 heterocycles. The molecule has 2 amide bonds. The summed E-state index contributed by atoms with van der Waals surface area (Å²) in [5, 5.41) is 0. The summed E-state index contributed by atoms with van der Waals surface area (Å²) < 4.78 is 10.8. The number of pyridine rings is 1. The molecule has 166 valence electrons. The quantitative estimate of drug-likeness (QED) is 0.546. The van der Waals surface area contributed by atoms with E-state index in [1.165, 1.54) is 4.90 Å². The number of fused-ring (bicyclic) bond motifs is 1. The largest absolute Gasteiger partial charge is 0.493 e. The third kappa shape index (κ3) is 3.51. The fourth-order valence-corrected chi connectivity index (χ4v) is 4.45. The van der Waals surface area contributed by atoms with Gasteiger partial charge < -0.3 is 14.4 Å². The molecule has 2 aliphatic heterocycles. The molecular formula is C26H23N3O4. The summed E-state index contributed by atoms with van der Waals surface area (Å²) in [5.41, 5.74) is 4.32. The number of amides is 2. The fraction of sp³-hybridized carbons (Fsp3) is 0.192. The Kier molecular flexibility index (Phi) is 5.30. The number of rotatable bonds is 6. The van der Waals surface area contributed by atoms with Crippen molar-refractivity contribution in [3.63, 3.8) is 0 Å². The molecular weight excluding hydrogens is 418 g/mol. The predicted octanol–water partition coefficient (Wildman–Crippen LogP) is 3.44. The number of hydrogen-bond acceptors (Lipinski definition) is 6. The number of methoxy groups -OCH3 is 2. The summed E-state index contributed by atoms with van der Waals surface area (Å²) in [5.74, 6) is 0.415. The lowest BCUT2D eigenvalue weighted by atomic mass is 10.0. The third-order valence-electron chi connectivity index (χ3n) is 6.06. The molecule has 7 heteroatoms. The Morgan fingerprint density at radius 2 is 1.67 bits per heavy atom. The van der Waals surface area contributed by atoms with Crippen molar-refractivity contribution in [1.29, 1.82) is 0 Å². The monoisotopic (exact) mass is 441 g/mol. The predicted molar refractivity (Wildman–Crippen MR) is 124 cm³/mol. The molecule has 0 unspecified atom stereocenters. The van der Waals surface area contributed by atoms with Crippen molar-refractivity contribution in [3.05, 3.63) is 89.4 Å². The van der Waals surface area contributed by atoms with Crippen LogP contribution in [0.2, 0.25) is 0 Å². The molecule has 0 spiro atoms. The highest BCUT2D eigenvalue weighted by Gasteiger charge is 2.43. The van der Waals surface area contributed by atoms with Crippen molar-refractivity contribution in [3.8, 4) is 11.5 Å². The number of ether oxygens (including phenoxy) is 2. The SMILES string of the molecule is COc1ccc(C2=C(N3CCc4ccccc43)C(=O)N(Cc3ccncc3)C2=O)cc1OC. The number of para-hydroxylation sites is 1. The van der Waals surface area contributed by atoms with E-state index in [2.05, 4.69) is 11.1 Å². The Hall–Kier alpha value is -4.13. The Morgan fingerprint density at radius 3 is 2.42 bits per heavy atom. The molecule has 0 bridgehead atoms. The molecule has 3 aromatic rings. The van der Waals surface area contributed by atoms with Gasteiger partial charge in [-0.15, -0.1) is 0 Å². The lowest BCUT2D eigenvalue weighted by Crippen LogP contribution is -2.34. The molecule has 0 radical (unpaired) electrons. The molecule has 0 saturated carbocycles. The van der Waals surface area contributed by atoms with Gasteiger partial charge in [0, 0.05) is 24.6 Å². The zero-order valence-electron chi connectivity index (χ0n) is 18.4. The number of carbonyl (C=O) groups excluding carboxylic acids is 2. The van der Waals surface area contributed by atoms with Gasteiger partial charge in [-0.25, -0.2) is 0 Å². The highest BCUT2D eigenvalue weighted by atomic mass is 16.5. The lowest BCUT2D eigenvalue weighted by Gasteiger charge is -2.22. The van der Waals surface area contributed by atoms with Crippen molar-refractivity contribution in [2.24, 2.45) is 0 Å². The number of benzene rings is 2. The van der Waals surface area contributed by atoms with Crippen LogP contribution in [0.1, 0.15) is 16.7 Å². The zero-order valence-corrected chi connectivity index (χ0v) is 18.4. The molecule has 2 aliphatic rings. The van der Waals surface area contributed by atoms with Gasteiger partial charge in [-0.1, -0.05) is 24.3 Å². The molecule has 0 aliphatic carbocycles. The van der Waals surface area contributed by atoms with E-state index in [0.717, 1.165) is 23.2 Å². The summed E-state index contributed by atoms with van der Waals surface area (Å²) in [6.07, 6.45) is 4.12. The first-order valence-corrected chi connectivity index (χ1v) is 10.7. The Morgan fingerprint density at radius 1 is 0.909 bits per heavy atom. The highest BCUT2D eigenvalue weighted by molar-refractivity contribution is 6.36. The van der Waals surface area contributed by atoms with E-state index in [4.69, 9.17) is 9.47 Å². The number of carbonyl (C=O) groups is 2. The van der Waals surface area contributed by atoms with Gasteiger partial charge in [0.05, 0.1) is 26.3 Å². The van der Waals surface area contributed by atoms with Crippen LogP contribution in [0.25, 0.3) is 5.57 Å². The second kappa shape index (κ2) is 8.43. The Bertz CT molecular complexity index is 1270. The van der Waals surface area contributed by atoms with E-state index in [9.17, 15) is 9.59 Å². The van der Waals surface area contributed by atoms with Crippen LogP contribution in [0.5, 0.6) is 11.5 Å². The Labute approximate surface area is 191 Å². The first kappa shape index (κ1) is 20.8. The molecule has 2 aromatic carbocycles. The van der Waals surface area contributed by atoms with Gasteiger partial charge in [0.15, 0.2) is 11.5 Å². The molecule has 0 fully saturated rings. The van der Waals surface area contributed by atoms with Crippen LogP contribution in [-0.2, 0) is 22.6 Å². The third-order valence-corrected chi connectivity index (χ3v) is 6.06. The summed E-state index contributed by atoms with van der Waals surface area (Å²) in [7, 11) is 3.11. The van der Waals surface area contributed by atoms with Gasteiger partial charge in [0.2, 0.25) is 0 Å². The summed E-state index contributed by atoms with van der Waals surface area (Å²) in [6.45, 7) is 0.809. The van der Waals surface area contributed by atoms with Crippen LogP contribution < -0.4 is 14.4 Å². The van der Waals surface area contributed by atoms with Gasteiger partial charge in [0.1, 0.15) is 5.70 Å². The van der Waals surface area contributed by atoms with E-state index >= 15 is 0 Å². The van der Waals surface area contributed by atoms with Crippen LogP contribution in [0, 0.1) is 0 Å². The van der Waals surface area contributed by atoms with Gasteiger partial charge >= 0.3 is 0 Å². The van der Waals surface area contributed by atoms with Gasteiger partial charge in [-0.3, -0.25) is 19.5 Å². The number of imide groups is 1. The minimum atomic E-state index is -0.330. The maximum absolute atomic E-state index is 13.7. The van der Waals surface area contributed by atoms with Crippen molar-refractivity contribution < 1.29 is 19.1 Å². The van der Waals surface area contributed by atoms with Crippen molar-refractivity contribution in [2.45, 2.75) is 13.0 Å². The molecule has 33 heavy (non-hydrogen) atoms. The van der Waals surface area contributed by atoms with E-state index in [1.807, 2.05) is 23.1 Å². The summed E-state index contributed by atoms with van der Waals surface area (Å²) in [4.78, 5) is 34.7. The average Bonchev–Trinajstić information content (AvgIpc) is 3.38. The van der Waals surface area contributed by atoms with Crippen LogP contribution >= 0.6 is 0 Å². The summed E-state index contributed by atoms with van der Waals surface area (Å²) in [6, 6.07) is 16.9. The number of aromatic nitrogens is 1. The first-order valence-electron chi connectivity index (χ1n) is 10.7. The van der Waals surface area contributed by atoms with Gasteiger partial charge in [-0.2, -0.15) is 0 Å². The van der Waals surface area contributed by atoms with Gasteiger partial charge in [-0.05, 0) is 53.4 Å². The molecule has 0 saturated heterocycles. The summed E-state index contributed by atoms with van der Waals surface area (Å²) >= 11 is 0. The van der Waals surface area contributed by atoms with Crippen molar-refractivity contribution in [2.75, 3.05) is 25.7 Å². The Balaban J connectivity index is 1.64. The number of nitrogens with zero attached hydrogens (tertiary/aromatic N) is 3. The van der Waals surface area contributed by atoms with E-state index in [0.29, 0.717) is 34.9 Å². The number of hydrogen-bond donors (Lipinski definition) is 0. The standard InChI is InChI=1S/C26H23N3O4/c1-32-21-8-7-19(15-22(21)33-2)23-24(28-14-11-18-5-3-4-6-20(18)28)26(31)29(25(23)30)16-17-9-12-27-13-10-17/h3-10,12-13,15H,11,14,16H2,1-2H3. The molecule has 1 aromatic heterocycles. The van der Waals surface area contributed by atoms with Crippen molar-refractivity contribution in [1.82, 2.24) is 9.88 Å². The average molecular weight is 441 g/mol. The smallest absolute Gasteiger partial charge is 0.278 e. The van der Waals surface area contributed by atoms with Crippen LogP contribution in [-0.4, -0.2) is 42.5 Å². The molecule has 0 atom stereocenters. The van der Waals surface area contributed by atoms with Crippen LogP contribution in [0.15, 0.2) is 72.7 Å². The molecule has 0 N–H and O–H groups in total. The van der Waals surface area contributed by atoms with Gasteiger partial charge in [0.25, 0.3) is 11.8 Å². The maximum Gasteiger partial charge on any atom is 0.278 e. The molecule has 7 nitrogen and oxygen atoms in total. The van der Waals surface area contributed by atoms with Crippen LogP contribution in [0.4, 0.5) is 5.69 Å². The first-order chi connectivity index (χ1) is 16.1.